The number of carbonyl (C=O) groups excluding carboxylic acids is 1. The van der Waals surface area contributed by atoms with Crippen LogP contribution in [0.2, 0.25) is 0 Å². The summed E-state index contributed by atoms with van der Waals surface area (Å²) in [5, 5.41) is 12.9. The van der Waals surface area contributed by atoms with Crippen molar-refractivity contribution in [1.29, 1.82) is 5.26 Å². The molecule has 2 aromatic heterocycles. The molecule has 0 saturated heterocycles. The molecule has 0 bridgehead atoms. The summed E-state index contributed by atoms with van der Waals surface area (Å²) in [5.41, 5.74) is 4.61. The zero-order valence-electron chi connectivity index (χ0n) is 18.6. The summed E-state index contributed by atoms with van der Waals surface area (Å²) in [6.45, 7) is 3.54. The first-order valence-electron chi connectivity index (χ1n) is 10.8. The average Bonchev–Trinajstić information content (AvgIpc) is 3.07. The van der Waals surface area contributed by atoms with Crippen molar-refractivity contribution in [2.75, 3.05) is 19.4 Å². The number of hydrogen-bond acceptors (Lipinski definition) is 5. The Labute approximate surface area is 187 Å². The summed E-state index contributed by atoms with van der Waals surface area (Å²) in [6, 6.07) is 17.3. The Morgan fingerprint density at radius 1 is 1.09 bits per heavy atom. The van der Waals surface area contributed by atoms with Crippen molar-refractivity contribution >= 4 is 33.9 Å². The van der Waals surface area contributed by atoms with Crippen LogP contribution < -0.4 is 5.32 Å². The minimum atomic E-state index is -0.261. The zero-order valence-corrected chi connectivity index (χ0v) is 18.6. The monoisotopic (exact) mass is 426 g/mol. The second-order valence-electron chi connectivity index (χ2n) is 8.11. The molecule has 0 radical (unpaired) electrons. The molecule has 4 rings (SSSR count). The Bertz CT molecular complexity index is 1310. The van der Waals surface area contributed by atoms with Gasteiger partial charge in [-0.25, -0.2) is 9.97 Å². The van der Waals surface area contributed by atoms with E-state index < -0.39 is 0 Å². The van der Waals surface area contributed by atoms with E-state index in [1.807, 2.05) is 67.2 Å². The molecular formula is C25H26N6O. The van der Waals surface area contributed by atoms with Gasteiger partial charge in [0, 0.05) is 18.7 Å². The maximum atomic E-state index is 13.1. The molecule has 0 aliphatic rings. The summed E-state index contributed by atoms with van der Waals surface area (Å²) in [7, 11) is 4.01. The van der Waals surface area contributed by atoms with E-state index in [0.717, 1.165) is 36.0 Å². The van der Waals surface area contributed by atoms with Crippen LogP contribution in [0.5, 0.6) is 0 Å². The van der Waals surface area contributed by atoms with Gasteiger partial charge >= 0.3 is 0 Å². The van der Waals surface area contributed by atoms with Gasteiger partial charge < -0.3 is 14.8 Å². The van der Waals surface area contributed by atoms with Crippen molar-refractivity contribution in [3.05, 3.63) is 65.2 Å². The largest absolute Gasteiger partial charge is 0.309 e. The van der Waals surface area contributed by atoms with E-state index in [1.165, 1.54) is 0 Å². The lowest BCUT2D eigenvalue weighted by molar-refractivity contribution is 0.102. The fraction of sp³-hybridized carbons (Fsp3) is 0.280. The van der Waals surface area contributed by atoms with Crippen LogP contribution in [0.4, 0.5) is 5.82 Å². The second-order valence-corrected chi connectivity index (χ2v) is 8.11. The predicted octanol–water partition coefficient (Wildman–Crippen LogP) is 4.57. The molecular weight excluding hydrogens is 400 g/mol. The van der Waals surface area contributed by atoms with Crippen molar-refractivity contribution in [2.24, 2.45) is 0 Å². The first-order valence-corrected chi connectivity index (χ1v) is 10.8. The van der Waals surface area contributed by atoms with Gasteiger partial charge in [-0.15, -0.1) is 0 Å². The number of hydrogen-bond donors (Lipinski definition) is 1. The van der Waals surface area contributed by atoms with E-state index in [2.05, 4.69) is 23.2 Å². The van der Waals surface area contributed by atoms with Crippen LogP contribution in [-0.4, -0.2) is 39.4 Å². The number of para-hydroxylation sites is 2. The maximum Gasteiger partial charge on any atom is 0.256 e. The fourth-order valence-electron chi connectivity index (χ4n) is 3.78. The molecule has 0 spiro atoms. The molecule has 2 aromatic carbocycles. The van der Waals surface area contributed by atoms with Gasteiger partial charge in [-0.1, -0.05) is 37.6 Å². The Kier molecular flexibility index (Phi) is 6.15. The SMILES string of the molecule is CCCCn1c(NC(=O)c2ccc(CN(C)C)cc2)c(C#N)c2nc3ccccc3nc21. The summed E-state index contributed by atoms with van der Waals surface area (Å²) in [4.78, 5) is 24.6. The van der Waals surface area contributed by atoms with Gasteiger partial charge in [0.05, 0.1) is 11.0 Å². The van der Waals surface area contributed by atoms with Crippen molar-refractivity contribution in [1.82, 2.24) is 19.4 Å². The molecule has 0 aliphatic heterocycles. The number of nitrogens with one attached hydrogen (secondary N) is 1. The number of fused-ring (bicyclic) bond motifs is 2. The van der Waals surface area contributed by atoms with E-state index in [0.29, 0.717) is 34.7 Å². The van der Waals surface area contributed by atoms with Crippen LogP contribution in [-0.2, 0) is 13.1 Å². The Morgan fingerprint density at radius 2 is 1.78 bits per heavy atom. The minimum absolute atomic E-state index is 0.261. The normalized spacial score (nSPS) is 11.2. The van der Waals surface area contributed by atoms with Crippen LogP contribution in [0.3, 0.4) is 0 Å². The summed E-state index contributed by atoms with van der Waals surface area (Å²) in [5.74, 6) is 0.191. The third kappa shape index (κ3) is 4.18. The van der Waals surface area contributed by atoms with Crippen LogP contribution >= 0.6 is 0 Å². The second kappa shape index (κ2) is 9.16. The number of rotatable bonds is 7. The molecule has 7 heteroatoms. The molecule has 32 heavy (non-hydrogen) atoms. The van der Waals surface area contributed by atoms with Gasteiger partial charge in [-0.05, 0) is 50.3 Å². The highest BCUT2D eigenvalue weighted by molar-refractivity contribution is 6.06. The van der Waals surface area contributed by atoms with E-state index in [-0.39, 0.29) is 5.91 Å². The van der Waals surface area contributed by atoms with Crippen molar-refractivity contribution in [3.8, 4) is 6.07 Å². The first-order chi connectivity index (χ1) is 15.5. The third-order valence-electron chi connectivity index (χ3n) is 5.35. The lowest BCUT2D eigenvalue weighted by atomic mass is 10.1. The number of nitrogens with zero attached hydrogens (tertiary/aromatic N) is 5. The van der Waals surface area contributed by atoms with Gasteiger partial charge in [0.1, 0.15) is 23.0 Å². The van der Waals surface area contributed by atoms with Crippen molar-refractivity contribution in [3.63, 3.8) is 0 Å². The van der Waals surface area contributed by atoms with E-state index in [1.54, 1.807) is 0 Å². The summed E-state index contributed by atoms with van der Waals surface area (Å²) >= 11 is 0. The molecule has 0 saturated carbocycles. The lowest BCUT2D eigenvalue weighted by Gasteiger charge is -2.12. The summed E-state index contributed by atoms with van der Waals surface area (Å²) < 4.78 is 1.91. The van der Waals surface area contributed by atoms with E-state index >= 15 is 0 Å². The van der Waals surface area contributed by atoms with Gasteiger partial charge in [0.15, 0.2) is 5.65 Å². The topological polar surface area (TPSA) is 86.8 Å². The molecule has 7 nitrogen and oxygen atoms in total. The number of aromatic nitrogens is 3. The van der Waals surface area contributed by atoms with Gasteiger partial charge in [-0.2, -0.15) is 5.26 Å². The molecule has 4 aromatic rings. The molecule has 0 unspecified atom stereocenters. The number of carbonyl (C=O) groups is 1. The average molecular weight is 427 g/mol. The smallest absolute Gasteiger partial charge is 0.256 e. The first kappa shape index (κ1) is 21.5. The number of anilines is 1. The fourth-order valence-corrected chi connectivity index (χ4v) is 3.78. The molecule has 1 amide bonds. The Morgan fingerprint density at radius 3 is 2.41 bits per heavy atom. The molecule has 1 N–H and O–H groups in total. The van der Waals surface area contributed by atoms with Crippen LogP contribution in [0.1, 0.15) is 41.3 Å². The predicted molar refractivity (Wildman–Crippen MR) is 126 cm³/mol. The van der Waals surface area contributed by atoms with Crippen LogP contribution in [0.15, 0.2) is 48.5 Å². The van der Waals surface area contributed by atoms with Gasteiger partial charge in [0.25, 0.3) is 5.91 Å². The number of benzene rings is 2. The highest BCUT2D eigenvalue weighted by Crippen LogP contribution is 2.30. The molecule has 0 fully saturated rings. The standard InChI is InChI=1S/C25H26N6O/c1-4-5-14-31-23(29-25(32)18-12-10-17(11-13-18)16-30(2)3)19(15-26)22-24(31)28-21-9-7-6-8-20(21)27-22/h6-13H,4-5,14,16H2,1-3H3,(H,29,32). The number of aryl methyl sites for hydroxylation is 1. The number of unbranched alkanes of at least 4 members (excludes halogenated alkanes) is 1. The zero-order chi connectivity index (χ0) is 22.7. The Balaban J connectivity index is 1.77. The molecule has 0 atom stereocenters. The molecule has 0 aliphatic carbocycles. The van der Waals surface area contributed by atoms with E-state index in [4.69, 9.17) is 9.97 Å². The number of nitriles is 1. The van der Waals surface area contributed by atoms with Crippen LogP contribution in [0, 0.1) is 11.3 Å². The van der Waals surface area contributed by atoms with Crippen molar-refractivity contribution in [2.45, 2.75) is 32.9 Å². The highest BCUT2D eigenvalue weighted by atomic mass is 16.1. The van der Waals surface area contributed by atoms with E-state index in [9.17, 15) is 10.1 Å². The van der Waals surface area contributed by atoms with Crippen molar-refractivity contribution < 1.29 is 4.79 Å². The van der Waals surface area contributed by atoms with Crippen LogP contribution in [0.25, 0.3) is 22.2 Å². The molecule has 2 heterocycles. The number of amides is 1. The van der Waals surface area contributed by atoms with Gasteiger partial charge in [-0.3, -0.25) is 4.79 Å². The third-order valence-corrected chi connectivity index (χ3v) is 5.35. The lowest BCUT2D eigenvalue weighted by Crippen LogP contribution is -2.17. The highest BCUT2D eigenvalue weighted by Gasteiger charge is 2.22. The summed E-state index contributed by atoms with van der Waals surface area (Å²) in [6.07, 6.45) is 1.87. The molecule has 162 valence electrons. The quantitative estimate of drug-likeness (QED) is 0.468. The minimum Gasteiger partial charge on any atom is -0.309 e. The van der Waals surface area contributed by atoms with Gasteiger partial charge in [0.2, 0.25) is 0 Å². The Hall–Kier alpha value is -3.76. The maximum absolute atomic E-state index is 13.1.